The molecule has 1 atom stereocenters. The topological polar surface area (TPSA) is 70.5 Å². The lowest BCUT2D eigenvalue weighted by atomic mass is 9.99. The maximum Gasteiger partial charge on any atom is 0.354 e. The van der Waals surface area contributed by atoms with Crippen LogP contribution in [-0.2, 0) is 0 Å². The average molecular weight is 262 g/mol. The molecule has 1 aliphatic rings. The molecule has 1 saturated heterocycles. The molecule has 2 heterocycles. The Labute approximate surface area is 112 Å². The van der Waals surface area contributed by atoms with Crippen LogP contribution in [0.25, 0.3) is 0 Å². The van der Waals surface area contributed by atoms with E-state index >= 15 is 0 Å². The summed E-state index contributed by atoms with van der Waals surface area (Å²) in [5.41, 5.74) is 0.323. The van der Waals surface area contributed by atoms with Crippen molar-refractivity contribution in [2.24, 2.45) is 0 Å². The third kappa shape index (κ3) is 2.92. The second kappa shape index (κ2) is 5.82. The molecule has 102 valence electrons. The summed E-state index contributed by atoms with van der Waals surface area (Å²) in [6.45, 7) is 2.83. The number of pyridine rings is 1. The molecule has 5 heteroatoms. The fourth-order valence-electron chi connectivity index (χ4n) is 2.54. The number of carbonyl (C=O) groups is 2. The van der Waals surface area contributed by atoms with Crippen LogP contribution >= 0.6 is 0 Å². The molecule has 1 N–H and O–H groups in total. The number of aromatic nitrogens is 1. The van der Waals surface area contributed by atoms with Crippen molar-refractivity contribution < 1.29 is 14.7 Å². The van der Waals surface area contributed by atoms with Gasteiger partial charge in [-0.2, -0.15) is 0 Å². The van der Waals surface area contributed by atoms with Crippen molar-refractivity contribution in [2.45, 2.75) is 38.6 Å². The number of carbonyl (C=O) groups excluding carboxylic acids is 1. The molecule has 1 amide bonds. The van der Waals surface area contributed by atoms with E-state index in [9.17, 15) is 9.59 Å². The van der Waals surface area contributed by atoms with Gasteiger partial charge in [-0.05, 0) is 37.8 Å². The van der Waals surface area contributed by atoms with Crippen LogP contribution in [0.1, 0.15) is 53.5 Å². The molecule has 1 unspecified atom stereocenters. The summed E-state index contributed by atoms with van der Waals surface area (Å²) in [6, 6.07) is 3.20. The number of likely N-dealkylation sites (tertiary alicyclic amines) is 1. The number of amides is 1. The molecule has 1 aromatic rings. The van der Waals surface area contributed by atoms with Crippen LogP contribution in [0.3, 0.4) is 0 Å². The third-order valence-electron chi connectivity index (χ3n) is 3.59. The summed E-state index contributed by atoms with van der Waals surface area (Å²) in [5.74, 6) is -1.20. The van der Waals surface area contributed by atoms with Crippen LogP contribution in [0.4, 0.5) is 0 Å². The fraction of sp³-hybridized carbons (Fsp3) is 0.500. The van der Waals surface area contributed by atoms with Crippen molar-refractivity contribution >= 4 is 11.9 Å². The van der Waals surface area contributed by atoms with Crippen molar-refractivity contribution in [3.63, 3.8) is 0 Å². The molecule has 1 aliphatic heterocycles. The maximum absolute atomic E-state index is 12.4. The summed E-state index contributed by atoms with van der Waals surface area (Å²) in [6.07, 6.45) is 5.50. The van der Waals surface area contributed by atoms with E-state index in [4.69, 9.17) is 5.11 Å². The summed E-state index contributed by atoms with van der Waals surface area (Å²) < 4.78 is 0. The van der Waals surface area contributed by atoms with Crippen molar-refractivity contribution in [1.29, 1.82) is 0 Å². The zero-order chi connectivity index (χ0) is 13.8. The number of rotatable bonds is 3. The number of carboxylic acids is 1. The Morgan fingerprint density at radius 2 is 2.26 bits per heavy atom. The fourth-order valence-corrected chi connectivity index (χ4v) is 2.54. The van der Waals surface area contributed by atoms with Gasteiger partial charge in [0.05, 0.1) is 0 Å². The van der Waals surface area contributed by atoms with Crippen molar-refractivity contribution in [1.82, 2.24) is 9.88 Å². The van der Waals surface area contributed by atoms with Gasteiger partial charge in [-0.25, -0.2) is 9.78 Å². The van der Waals surface area contributed by atoms with Crippen molar-refractivity contribution in [3.05, 3.63) is 29.6 Å². The molecule has 19 heavy (non-hydrogen) atoms. The van der Waals surface area contributed by atoms with Gasteiger partial charge in [0.15, 0.2) is 0 Å². The molecular formula is C14H18N2O3. The Hall–Kier alpha value is -1.91. The van der Waals surface area contributed by atoms with Crippen molar-refractivity contribution in [3.8, 4) is 0 Å². The van der Waals surface area contributed by atoms with E-state index in [-0.39, 0.29) is 17.6 Å². The minimum Gasteiger partial charge on any atom is -0.477 e. The molecule has 2 rings (SSSR count). The molecule has 0 radical (unpaired) electrons. The van der Waals surface area contributed by atoms with Crippen LogP contribution < -0.4 is 0 Å². The van der Waals surface area contributed by atoms with Gasteiger partial charge in [-0.15, -0.1) is 0 Å². The summed E-state index contributed by atoms with van der Waals surface area (Å²) in [7, 11) is 0. The van der Waals surface area contributed by atoms with Gasteiger partial charge >= 0.3 is 5.97 Å². The zero-order valence-corrected chi connectivity index (χ0v) is 11.0. The number of nitrogens with zero attached hydrogens (tertiary/aromatic N) is 2. The Morgan fingerprint density at radius 1 is 1.47 bits per heavy atom. The summed E-state index contributed by atoms with van der Waals surface area (Å²) in [4.78, 5) is 28.9. The highest BCUT2D eigenvalue weighted by atomic mass is 16.4. The van der Waals surface area contributed by atoms with Gasteiger partial charge in [0.25, 0.3) is 5.91 Å². The highest BCUT2D eigenvalue weighted by Gasteiger charge is 2.26. The number of hydrogen-bond acceptors (Lipinski definition) is 3. The minimum absolute atomic E-state index is 0.0866. The van der Waals surface area contributed by atoms with E-state index in [0.29, 0.717) is 5.56 Å². The monoisotopic (exact) mass is 262 g/mol. The molecule has 1 aromatic heterocycles. The smallest absolute Gasteiger partial charge is 0.354 e. The number of carboxylic acid groups (broad SMARTS) is 1. The minimum atomic E-state index is -1.11. The number of hydrogen-bond donors (Lipinski definition) is 1. The van der Waals surface area contributed by atoms with Gasteiger partial charge < -0.3 is 10.0 Å². The number of piperidine rings is 1. The second-order valence-electron chi connectivity index (χ2n) is 4.79. The largest absolute Gasteiger partial charge is 0.477 e. The van der Waals surface area contributed by atoms with Crippen LogP contribution in [0.2, 0.25) is 0 Å². The Bertz CT molecular complexity index is 487. The zero-order valence-electron chi connectivity index (χ0n) is 11.0. The van der Waals surface area contributed by atoms with Crippen LogP contribution in [0.15, 0.2) is 18.3 Å². The molecule has 0 spiro atoms. The molecular weight excluding hydrogens is 244 g/mol. The van der Waals surface area contributed by atoms with Gasteiger partial charge in [-0.1, -0.05) is 6.92 Å². The normalized spacial score (nSPS) is 19.2. The number of aromatic carboxylic acids is 1. The first-order chi connectivity index (χ1) is 9.13. The van der Waals surface area contributed by atoms with Gasteiger partial charge in [-0.3, -0.25) is 4.79 Å². The standard InChI is InChI=1S/C14H18N2O3/c1-2-11-5-3-4-8-16(11)13(17)10-6-7-15-12(9-10)14(18)19/h6-7,9,11H,2-5,8H2,1H3,(H,18,19). The molecule has 0 bridgehead atoms. The summed E-state index contributed by atoms with van der Waals surface area (Å²) >= 11 is 0. The van der Waals surface area contributed by atoms with E-state index in [1.165, 1.54) is 12.3 Å². The molecule has 5 nitrogen and oxygen atoms in total. The van der Waals surface area contributed by atoms with E-state index in [1.807, 2.05) is 4.90 Å². The predicted octanol–water partition coefficient (Wildman–Crippen LogP) is 2.18. The second-order valence-corrected chi connectivity index (χ2v) is 4.79. The van der Waals surface area contributed by atoms with Crippen molar-refractivity contribution in [2.75, 3.05) is 6.54 Å². The van der Waals surface area contributed by atoms with Crippen LogP contribution in [-0.4, -0.2) is 39.5 Å². The Balaban J connectivity index is 2.22. The van der Waals surface area contributed by atoms with Gasteiger partial charge in [0, 0.05) is 24.3 Å². The van der Waals surface area contributed by atoms with Crippen LogP contribution in [0, 0.1) is 0 Å². The first-order valence-corrected chi connectivity index (χ1v) is 6.63. The van der Waals surface area contributed by atoms with Gasteiger partial charge in [0.1, 0.15) is 5.69 Å². The Kier molecular flexibility index (Phi) is 4.14. The highest BCUT2D eigenvalue weighted by Crippen LogP contribution is 2.21. The first kappa shape index (κ1) is 13.5. The van der Waals surface area contributed by atoms with Gasteiger partial charge in [0.2, 0.25) is 0 Å². The van der Waals surface area contributed by atoms with E-state index in [0.717, 1.165) is 32.2 Å². The quantitative estimate of drug-likeness (QED) is 0.906. The lowest BCUT2D eigenvalue weighted by Gasteiger charge is -2.35. The first-order valence-electron chi connectivity index (χ1n) is 6.63. The predicted molar refractivity (Wildman–Crippen MR) is 70.2 cm³/mol. The third-order valence-corrected chi connectivity index (χ3v) is 3.59. The Morgan fingerprint density at radius 3 is 2.95 bits per heavy atom. The van der Waals surface area contributed by atoms with E-state index in [1.54, 1.807) is 6.07 Å². The molecule has 0 aromatic carbocycles. The average Bonchev–Trinajstić information content (AvgIpc) is 2.46. The highest BCUT2D eigenvalue weighted by molar-refractivity contribution is 5.96. The van der Waals surface area contributed by atoms with E-state index in [2.05, 4.69) is 11.9 Å². The lowest BCUT2D eigenvalue weighted by Crippen LogP contribution is -2.43. The lowest BCUT2D eigenvalue weighted by molar-refractivity contribution is 0.0608. The molecule has 0 aliphatic carbocycles. The molecule has 0 saturated carbocycles. The SMILES string of the molecule is CCC1CCCCN1C(=O)c1ccnc(C(=O)O)c1. The summed E-state index contributed by atoms with van der Waals surface area (Å²) in [5, 5.41) is 8.91. The molecule has 1 fully saturated rings. The van der Waals surface area contributed by atoms with Crippen LogP contribution in [0.5, 0.6) is 0 Å². The van der Waals surface area contributed by atoms with E-state index < -0.39 is 5.97 Å². The maximum atomic E-state index is 12.4.